The third-order valence-corrected chi connectivity index (χ3v) is 6.11. The maximum Gasteiger partial charge on any atom is 0.191 e. The molecule has 0 saturated carbocycles. The van der Waals surface area contributed by atoms with Crippen molar-refractivity contribution in [3.05, 3.63) is 30.3 Å². The first-order chi connectivity index (χ1) is 12.4. The SMILES string of the molecule is CCN(CC)CCCC(C)NC(=NC)NCCS(=O)(=O)c1ccccc1.I. The van der Waals surface area contributed by atoms with Crippen molar-refractivity contribution >= 4 is 39.8 Å². The Labute approximate surface area is 182 Å². The minimum Gasteiger partial charge on any atom is -0.355 e. The van der Waals surface area contributed by atoms with Gasteiger partial charge in [-0.3, -0.25) is 4.99 Å². The molecule has 0 fully saturated rings. The van der Waals surface area contributed by atoms with Gasteiger partial charge in [0, 0.05) is 19.6 Å². The quantitative estimate of drug-likeness (QED) is 0.272. The smallest absolute Gasteiger partial charge is 0.191 e. The summed E-state index contributed by atoms with van der Waals surface area (Å²) in [5, 5.41) is 6.43. The van der Waals surface area contributed by atoms with Crippen molar-refractivity contribution in [2.45, 2.75) is 44.6 Å². The van der Waals surface area contributed by atoms with E-state index >= 15 is 0 Å². The third-order valence-electron chi connectivity index (χ3n) is 4.38. The van der Waals surface area contributed by atoms with E-state index in [4.69, 9.17) is 0 Å². The highest BCUT2D eigenvalue weighted by Crippen LogP contribution is 2.09. The molecule has 156 valence electrons. The molecule has 1 unspecified atom stereocenters. The number of sulfone groups is 1. The maximum atomic E-state index is 12.3. The summed E-state index contributed by atoms with van der Waals surface area (Å²) in [6, 6.07) is 8.81. The van der Waals surface area contributed by atoms with E-state index in [9.17, 15) is 8.42 Å². The van der Waals surface area contributed by atoms with Crippen LogP contribution in [0.25, 0.3) is 0 Å². The van der Waals surface area contributed by atoms with Crippen LogP contribution >= 0.6 is 24.0 Å². The number of aliphatic imine (C=N–C) groups is 1. The Morgan fingerprint density at radius 3 is 2.37 bits per heavy atom. The fraction of sp³-hybridized carbons (Fsp3) is 0.632. The van der Waals surface area contributed by atoms with Crippen LogP contribution in [0.15, 0.2) is 40.2 Å². The van der Waals surface area contributed by atoms with E-state index in [0.29, 0.717) is 17.4 Å². The molecule has 0 saturated heterocycles. The highest BCUT2D eigenvalue weighted by molar-refractivity contribution is 14.0. The largest absolute Gasteiger partial charge is 0.355 e. The van der Waals surface area contributed by atoms with Crippen LogP contribution in [0.1, 0.15) is 33.6 Å². The summed E-state index contributed by atoms with van der Waals surface area (Å²) in [6.45, 7) is 10.1. The predicted octanol–water partition coefficient (Wildman–Crippen LogP) is 2.75. The summed E-state index contributed by atoms with van der Waals surface area (Å²) in [5.41, 5.74) is 0. The van der Waals surface area contributed by atoms with Gasteiger partial charge in [0.15, 0.2) is 15.8 Å². The minimum absolute atomic E-state index is 0. The fourth-order valence-corrected chi connectivity index (χ4v) is 3.89. The van der Waals surface area contributed by atoms with Gasteiger partial charge in [0.2, 0.25) is 0 Å². The normalized spacial score (nSPS) is 13.1. The molecule has 2 N–H and O–H groups in total. The van der Waals surface area contributed by atoms with Gasteiger partial charge in [0.05, 0.1) is 10.6 Å². The van der Waals surface area contributed by atoms with E-state index in [2.05, 4.69) is 41.3 Å². The van der Waals surface area contributed by atoms with Gasteiger partial charge in [-0.2, -0.15) is 0 Å². The monoisotopic (exact) mass is 510 g/mol. The number of rotatable bonds is 11. The van der Waals surface area contributed by atoms with Gasteiger partial charge >= 0.3 is 0 Å². The van der Waals surface area contributed by atoms with E-state index in [1.165, 1.54) is 0 Å². The Bertz CT molecular complexity index is 634. The molecule has 0 aliphatic rings. The van der Waals surface area contributed by atoms with Gasteiger partial charge in [-0.25, -0.2) is 8.42 Å². The van der Waals surface area contributed by atoms with Crippen molar-refractivity contribution in [3.8, 4) is 0 Å². The second-order valence-electron chi connectivity index (χ2n) is 6.35. The zero-order chi connectivity index (χ0) is 19.4. The number of hydrogen-bond donors (Lipinski definition) is 2. The van der Waals surface area contributed by atoms with Gasteiger partial charge in [-0.05, 0) is 51.5 Å². The van der Waals surface area contributed by atoms with E-state index < -0.39 is 9.84 Å². The average molecular weight is 510 g/mol. The molecule has 1 rings (SSSR count). The van der Waals surface area contributed by atoms with E-state index in [-0.39, 0.29) is 35.8 Å². The molecule has 1 aromatic rings. The van der Waals surface area contributed by atoms with Crippen LogP contribution in [-0.2, 0) is 9.84 Å². The standard InChI is InChI=1S/C19H34N4O2S.HI/c1-5-23(6-2)15-10-11-17(3)22-19(20-4)21-14-16-26(24,25)18-12-8-7-9-13-18;/h7-9,12-13,17H,5-6,10-11,14-16H2,1-4H3,(H2,20,21,22);1H. The van der Waals surface area contributed by atoms with Crippen molar-refractivity contribution in [3.63, 3.8) is 0 Å². The zero-order valence-electron chi connectivity index (χ0n) is 16.9. The molecule has 8 heteroatoms. The molecule has 0 spiro atoms. The lowest BCUT2D eigenvalue weighted by atomic mass is 10.2. The lowest BCUT2D eigenvalue weighted by molar-refractivity contribution is 0.292. The van der Waals surface area contributed by atoms with E-state index in [0.717, 1.165) is 32.5 Å². The molecule has 27 heavy (non-hydrogen) atoms. The van der Waals surface area contributed by atoms with Crippen molar-refractivity contribution < 1.29 is 8.42 Å². The Hall–Kier alpha value is -0.870. The second-order valence-corrected chi connectivity index (χ2v) is 8.45. The van der Waals surface area contributed by atoms with Crippen LogP contribution in [0.4, 0.5) is 0 Å². The molecule has 0 bridgehead atoms. The van der Waals surface area contributed by atoms with Gasteiger partial charge in [0.1, 0.15) is 0 Å². The molecule has 6 nitrogen and oxygen atoms in total. The highest BCUT2D eigenvalue weighted by atomic mass is 127. The summed E-state index contributed by atoms with van der Waals surface area (Å²) >= 11 is 0. The number of benzene rings is 1. The van der Waals surface area contributed by atoms with Gasteiger partial charge in [0.25, 0.3) is 0 Å². The zero-order valence-corrected chi connectivity index (χ0v) is 20.1. The Kier molecular flexibility index (Phi) is 13.7. The van der Waals surface area contributed by atoms with Gasteiger partial charge in [-0.15, -0.1) is 24.0 Å². The number of nitrogens with one attached hydrogen (secondary N) is 2. The van der Waals surface area contributed by atoms with Crippen molar-refractivity contribution in [2.75, 3.05) is 39.0 Å². The first-order valence-corrected chi connectivity index (χ1v) is 11.1. The molecular weight excluding hydrogens is 475 g/mol. The molecule has 0 heterocycles. The number of nitrogens with zero attached hydrogens (tertiary/aromatic N) is 2. The first-order valence-electron chi connectivity index (χ1n) is 9.40. The molecule has 0 amide bonds. The summed E-state index contributed by atoms with van der Waals surface area (Å²) in [4.78, 5) is 6.95. The van der Waals surface area contributed by atoms with Crippen molar-refractivity contribution in [1.82, 2.24) is 15.5 Å². The van der Waals surface area contributed by atoms with Crippen LogP contribution < -0.4 is 10.6 Å². The summed E-state index contributed by atoms with van der Waals surface area (Å²) in [6.07, 6.45) is 2.16. The average Bonchev–Trinajstić information content (AvgIpc) is 2.65. The molecule has 0 aliphatic carbocycles. The third kappa shape index (κ3) is 10.3. The van der Waals surface area contributed by atoms with Crippen LogP contribution in [0, 0.1) is 0 Å². The lowest BCUT2D eigenvalue weighted by Crippen LogP contribution is -2.43. The molecule has 0 aliphatic heterocycles. The van der Waals surface area contributed by atoms with Crippen LogP contribution in [-0.4, -0.2) is 64.3 Å². The summed E-state index contributed by atoms with van der Waals surface area (Å²) in [5.74, 6) is 0.678. The number of guanidine groups is 1. The predicted molar refractivity (Wildman–Crippen MR) is 125 cm³/mol. The van der Waals surface area contributed by atoms with E-state index in [1.54, 1.807) is 31.3 Å². The van der Waals surface area contributed by atoms with Crippen molar-refractivity contribution in [2.24, 2.45) is 4.99 Å². The van der Waals surface area contributed by atoms with Crippen LogP contribution in [0.3, 0.4) is 0 Å². The second kappa shape index (κ2) is 14.2. The molecule has 1 atom stereocenters. The van der Waals surface area contributed by atoms with Gasteiger partial charge in [-0.1, -0.05) is 32.0 Å². The Morgan fingerprint density at radius 1 is 1.19 bits per heavy atom. The minimum atomic E-state index is -3.27. The summed E-state index contributed by atoms with van der Waals surface area (Å²) in [7, 11) is -1.57. The number of hydrogen-bond acceptors (Lipinski definition) is 4. The fourth-order valence-electron chi connectivity index (χ4n) is 2.71. The van der Waals surface area contributed by atoms with Crippen LogP contribution in [0.5, 0.6) is 0 Å². The summed E-state index contributed by atoms with van der Waals surface area (Å²) < 4.78 is 24.6. The molecular formula is C19H35IN4O2S. The Balaban J connectivity index is 0.00000676. The van der Waals surface area contributed by atoms with E-state index in [1.807, 2.05) is 6.07 Å². The molecule has 0 radical (unpaired) electrons. The van der Waals surface area contributed by atoms with Crippen molar-refractivity contribution in [1.29, 1.82) is 0 Å². The highest BCUT2D eigenvalue weighted by Gasteiger charge is 2.14. The van der Waals surface area contributed by atoms with Crippen LogP contribution in [0.2, 0.25) is 0 Å². The number of halogens is 1. The van der Waals surface area contributed by atoms with Gasteiger partial charge < -0.3 is 15.5 Å². The Morgan fingerprint density at radius 2 is 1.81 bits per heavy atom. The maximum absolute atomic E-state index is 12.3. The molecule has 1 aromatic carbocycles. The topological polar surface area (TPSA) is 73.8 Å². The lowest BCUT2D eigenvalue weighted by Gasteiger charge is -2.21. The first kappa shape index (κ1) is 26.1. The molecule has 0 aromatic heterocycles.